The first-order chi connectivity index (χ1) is 12.6. The molecule has 1 saturated heterocycles. The number of rotatable bonds is 3. The molecule has 4 rings (SSSR count). The molecular weight excluding hydrogens is 350 g/mol. The molecule has 1 aliphatic carbocycles. The number of urea groups is 1. The van der Waals surface area contributed by atoms with Crippen LogP contribution in [0.2, 0.25) is 0 Å². The molecule has 4 amide bonds. The molecule has 7 heteroatoms. The Hall–Kier alpha value is -2.67. The van der Waals surface area contributed by atoms with Crippen LogP contribution in [-0.4, -0.2) is 23.9 Å². The van der Waals surface area contributed by atoms with E-state index in [0.717, 1.165) is 29.7 Å². The molecule has 26 heavy (non-hydrogen) atoms. The first-order valence-electron chi connectivity index (χ1n) is 8.70. The monoisotopic (exact) mass is 369 g/mol. The Morgan fingerprint density at radius 1 is 1.23 bits per heavy atom. The van der Waals surface area contributed by atoms with Crippen LogP contribution in [-0.2, 0) is 17.6 Å². The zero-order chi connectivity index (χ0) is 18.3. The number of carbonyl (C=O) groups is 3. The van der Waals surface area contributed by atoms with Crippen molar-refractivity contribution in [1.29, 1.82) is 0 Å². The number of carbonyl (C=O) groups excluding carboxylic acids is 3. The second-order valence-corrected chi connectivity index (χ2v) is 7.54. The highest BCUT2D eigenvalue weighted by Crippen LogP contribution is 2.32. The number of anilines is 2. The molecule has 2 N–H and O–H groups in total. The zero-order valence-corrected chi connectivity index (χ0v) is 15.2. The maximum Gasteiger partial charge on any atom is 0.329 e. The minimum Gasteiger partial charge on any atom is -0.326 e. The van der Waals surface area contributed by atoms with E-state index in [1.165, 1.54) is 11.3 Å². The highest BCUT2D eigenvalue weighted by molar-refractivity contribution is 7.10. The smallest absolute Gasteiger partial charge is 0.326 e. The summed E-state index contributed by atoms with van der Waals surface area (Å²) in [5.41, 5.74) is 2.67. The Morgan fingerprint density at radius 3 is 2.77 bits per heavy atom. The lowest BCUT2D eigenvalue weighted by atomic mass is 9.95. The molecule has 134 valence electrons. The maximum atomic E-state index is 12.8. The highest BCUT2D eigenvalue weighted by atomic mass is 32.1. The van der Waals surface area contributed by atoms with Gasteiger partial charge in [0.15, 0.2) is 0 Å². The van der Waals surface area contributed by atoms with Gasteiger partial charge in [-0.2, -0.15) is 0 Å². The number of hydrogen-bond donors (Lipinski definition) is 2. The number of nitrogens with zero attached hydrogens (tertiary/aromatic N) is 1. The molecule has 1 aromatic heterocycles. The predicted octanol–water partition coefficient (Wildman–Crippen LogP) is 3.32. The average Bonchev–Trinajstić information content (AvgIpc) is 3.17. The summed E-state index contributed by atoms with van der Waals surface area (Å²) in [5, 5.41) is 7.39. The summed E-state index contributed by atoms with van der Waals surface area (Å²) in [6.45, 7) is 1.64. The second-order valence-electron chi connectivity index (χ2n) is 6.57. The lowest BCUT2D eigenvalue weighted by molar-refractivity contribution is -0.117. The quantitative estimate of drug-likeness (QED) is 0.815. The van der Waals surface area contributed by atoms with E-state index in [4.69, 9.17) is 0 Å². The average molecular weight is 369 g/mol. The molecule has 1 aliphatic heterocycles. The van der Waals surface area contributed by atoms with Crippen molar-refractivity contribution in [2.45, 2.75) is 38.6 Å². The van der Waals surface area contributed by atoms with Gasteiger partial charge in [-0.3, -0.25) is 9.59 Å². The minimum absolute atomic E-state index is 0.197. The third kappa shape index (κ3) is 2.78. The highest BCUT2D eigenvalue weighted by Gasteiger charge is 2.37. The summed E-state index contributed by atoms with van der Waals surface area (Å²) in [5.74, 6) is -0.526. The van der Waals surface area contributed by atoms with Crippen molar-refractivity contribution in [3.63, 3.8) is 0 Å². The normalized spacial score (nSPS) is 19.3. The van der Waals surface area contributed by atoms with E-state index in [1.54, 1.807) is 42.5 Å². The van der Waals surface area contributed by atoms with Crippen LogP contribution < -0.4 is 15.5 Å². The Morgan fingerprint density at radius 2 is 2.00 bits per heavy atom. The lowest BCUT2D eigenvalue weighted by Crippen LogP contribution is -2.32. The van der Waals surface area contributed by atoms with E-state index in [2.05, 4.69) is 10.6 Å². The van der Waals surface area contributed by atoms with Crippen LogP contribution in [0.4, 0.5) is 16.2 Å². The van der Waals surface area contributed by atoms with Gasteiger partial charge < -0.3 is 10.6 Å². The van der Waals surface area contributed by atoms with E-state index in [1.807, 2.05) is 5.38 Å². The first-order valence-corrected chi connectivity index (χ1v) is 9.58. The van der Waals surface area contributed by atoms with Crippen LogP contribution in [0, 0.1) is 0 Å². The molecule has 0 spiro atoms. The molecule has 2 aliphatic rings. The van der Waals surface area contributed by atoms with E-state index < -0.39 is 12.1 Å². The van der Waals surface area contributed by atoms with Crippen molar-refractivity contribution in [2.24, 2.45) is 0 Å². The number of benzene rings is 1. The number of aryl methyl sites for hydroxylation is 1. The van der Waals surface area contributed by atoms with E-state index >= 15 is 0 Å². The summed E-state index contributed by atoms with van der Waals surface area (Å²) < 4.78 is 0. The fourth-order valence-electron chi connectivity index (χ4n) is 3.48. The molecule has 0 radical (unpaired) electrons. The van der Waals surface area contributed by atoms with Crippen LogP contribution in [0.15, 0.2) is 29.6 Å². The molecule has 0 bridgehead atoms. The Balaban J connectivity index is 1.63. The van der Waals surface area contributed by atoms with Crippen molar-refractivity contribution in [3.05, 3.63) is 45.6 Å². The van der Waals surface area contributed by atoms with E-state index in [0.29, 0.717) is 16.9 Å². The number of hydrogen-bond acceptors (Lipinski definition) is 4. The third-order valence-corrected chi connectivity index (χ3v) is 5.92. The SMILES string of the molecule is CC1NC(=O)N(c2ccccc2NC(=O)c2csc3c2CCCC3)C1=O. The van der Waals surface area contributed by atoms with Gasteiger partial charge in [0.05, 0.1) is 16.9 Å². The van der Waals surface area contributed by atoms with Crippen LogP contribution in [0.5, 0.6) is 0 Å². The van der Waals surface area contributed by atoms with Crippen LogP contribution in [0.25, 0.3) is 0 Å². The Kier molecular flexibility index (Phi) is 4.24. The molecule has 6 nitrogen and oxygen atoms in total. The topological polar surface area (TPSA) is 78.5 Å². The van der Waals surface area contributed by atoms with Crippen molar-refractivity contribution in [2.75, 3.05) is 10.2 Å². The molecule has 0 saturated carbocycles. The van der Waals surface area contributed by atoms with Crippen molar-refractivity contribution in [1.82, 2.24) is 5.32 Å². The summed E-state index contributed by atoms with van der Waals surface area (Å²) in [6.07, 6.45) is 4.22. The van der Waals surface area contributed by atoms with Gasteiger partial charge in [-0.1, -0.05) is 12.1 Å². The number of nitrogens with one attached hydrogen (secondary N) is 2. The standard InChI is InChI=1S/C19H19N3O3S/c1-11-18(24)22(19(25)20-11)15-8-4-3-7-14(15)21-17(23)13-10-26-16-9-5-2-6-12(13)16/h3-4,7-8,10-11H,2,5-6,9H2,1H3,(H,20,25)(H,21,23). The number of imide groups is 1. The number of thiophene rings is 1. The third-order valence-electron chi connectivity index (χ3n) is 4.83. The molecule has 1 unspecified atom stereocenters. The number of para-hydroxylation sites is 2. The van der Waals surface area contributed by atoms with Gasteiger partial charge in [0.25, 0.3) is 11.8 Å². The predicted molar refractivity (Wildman–Crippen MR) is 101 cm³/mol. The van der Waals surface area contributed by atoms with Gasteiger partial charge in [0.2, 0.25) is 0 Å². The minimum atomic E-state index is -0.574. The molecule has 2 heterocycles. The summed E-state index contributed by atoms with van der Waals surface area (Å²) in [4.78, 5) is 39.7. The number of amides is 4. The summed E-state index contributed by atoms with van der Waals surface area (Å²) in [6, 6.07) is 5.82. The van der Waals surface area contributed by atoms with E-state index in [-0.39, 0.29) is 11.8 Å². The fraction of sp³-hybridized carbons (Fsp3) is 0.316. The first kappa shape index (κ1) is 16.8. The van der Waals surface area contributed by atoms with Crippen molar-refractivity contribution in [3.8, 4) is 0 Å². The van der Waals surface area contributed by atoms with Crippen molar-refractivity contribution >= 4 is 40.6 Å². The van der Waals surface area contributed by atoms with Crippen LogP contribution in [0.3, 0.4) is 0 Å². The second kappa shape index (κ2) is 6.57. The van der Waals surface area contributed by atoms with Crippen LogP contribution in [0.1, 0.15) is 40.6 Å². The summed E-state index contributed by atoms with van der Waals surface area (Å²) >= 11 is 1.63. The van der Waals surface area contributed by atoms with Gasteiger partial charge in [-0.15, -0.1) is 11.3 Å². The maximum absolute atomic E-state index is 12.8. The molecule has 2 aromatic rings. The van der Waals surface area contributed by atoms with Crippen LogP contribution >= 0.6 is 11.3 Å². The molecular formula is C19H19N3O3S. The Labute approximate surface area is 155 Å². The summed E-state index contributed by atoms with van der Waals surface area (Å²) in [7, 11) is 0. The van der Waals surface area contributed by atoms with Gasteiger partial charge in [0.1, 0.15) is 6.04 Å². The van der Waals surface area contributed by atoms with Gasteiger partial charge in [-0.05, 0) is 50.3 Å². The molecule has 1 fully saturated rings. The van der Waals surface area contributed by atoms with Gasteiger partial charge in [-0.25, -0.2) is 9.69 Å². The molecule has 1 atom stereocenters. The lowest BCUT2D eigenvalue weighted by Gasteiger charge is -2.18. The van der Waals surface area contributed by atoms with Gasteiger partial charge >= 0.3 is 6.03 Å². The largest absolute Gasteiger partial charge is 0.329 e. The van der Waals surface area contributed by atoms with Gasteiger partial charge in [0, 0.05) is 10.3 Å². The Bertz CT molecular complexity index is 905. The van der Waals surface area contributed by atoms with Crippen molar-refractivity contribution < 1.29 is 14.4 Å². The number of fused-ring (bicyclic) bond motifs is 1. The fourth-order valence-corrected chi connectivity index (χ4v) is 4.61. The zero-order valence-electron chi connectivity index (χ0n) is 14.4. The van der Waals surface area contributed by atoms with E-state index in [9.17, 15) is 14.4 Å². The molecule has 1 aromatic carbocycles.